The Balaban J connectivity index is 0.836. The van der Waals surface area contributed by atoms with E-state index in [4.69, 9.17) is 4.74 Å². The highest BCUT2D eigenvalue weighted by Gasteiger charge is 2.54. The molecule has 0 amide bonds. The van der Waals surface area contributed by atoms with Gasteiger partial charge >= 0.3 is 0 Å². The molecule has 0 radical (unpaired) electrons. The van der Waals surface area contributed by atoms with Crippen LogP contribution in [0.5, 0.6) is 11.5 Å². The number of hydrogen-bond acceptors (Lipinski definition) is 4. The third-order valence-electron chi connectivity index (χ3n) is 31.1. The van der Waals surface area contributed by atoms with Crippen molar-refractivity contribution < 1.29 is 4.74 Å². The van der Waals surface area contributed by atoms with Crippen LogP contribution in [0.2, 0.25) is 0 Å². The highest BCUT2D eigenvalue weighted by molar-refractivity contribution is 7.02. The van der Waals surface area contributed by atoms with Gasteiger partial charge in [-0.05, 0) is 256 Å². The zero-order chi connectivity index (χ0) is 94.2. The van der Waals surface area contributed by atoms with Crippen molar-refractivity contribution in [3.05, 3.63) is 522 Å². The number of benzene rings is 20. The van der Waals surface area contributed by atoms with Crippen LogP contribution in [0.1, 0.15) is 124 Å². The van der Waals surface area contributed by atoms with Gasteiger partial charge in [0.25, 0.3) is 13.4 Å². The molecule has 0 aromatic heterocycles. The number of rotatable bonds is 13. The Kier molecular flexibility index (Phi) is 19.4. The maximum Gasteiger partial charge on any atom is 0.256 e. The SMILES string of the molecule is CC(C)(C)c1cccc(N2c3cc4c(cc3B3c5ccccc5N(c5c(-c6ccccc6)cc(C(C)(C)C)cc5-c5ccccc5)c5cc(-c6cccc7c6C(c6ccccc6)(c6ccccc6)c6ccccc6-7)cc2c53)B2c3ccccc3Oc3cc(-c5cccc6c5C(c5ccccc5)(c5ccccc5)c5ccccc5-6)cc(c32)N4c2c(-c3ccccc3)cc(C(C)(C)C)cc2-c2ccccc2)c1. The lowest BCUT2D eigenvalue weighted by atomic mass is 9.30. The third kappa shape index (κ3) is 12.8. The van der Waals surface area contributed by atoms with Crippen LogP contribution in [-0.4, -0.2) is 13.4 Å². The van der Waals surface area contributed by atoms with E-state index in [0.717, 1.165) is 140 Å². The topological polar surface area (TPSA) is 19.0 Å². The lowest BCUT2D eigenvalue weighted by Gasteiger charge is -2.47. The average Bonchev–Trinajstić information content (AvgIpc) is 0.877. The van der Waals surface area contributed by atoms with Crippen molar-refractivity contribution >= 4 is 97.4 Å². The molecule has 0 bridgehead atoms. The minimum absolute atomic E-state index is 0.241. The minimum Gasteiger partial charge on any atom is -0.458 e. The minimum atomic E-state index is -0.772. The second-order valence-corrected chi connectivity index (χ2v) is 42.0. The first kappa shape index (κ1) is 84.3. The van der Waals surface area contributed by atoms with Gasteiger partial charge < -0.3 is 19.4 Å². The molecular formula is C134H103B2N3O. The van der Waals surface area contributed by atoms with Crippen LogP contribution in [0.4, 0.5) is 51.2 Å². The molecule has 26 rings (SSSR count). The van der Waals surface area contributed by atoms with Crippen molar-refractivity contribution in [2.75, 3.05) is 14.7 Å². The van der Waals surface area contributed by atoms with E-state index < -0.39 is 10.8 Å². The molecule has 0 fully saturated rings. The number of nitrogens with zero attached hydrogens (tertiary/aromatic N) is 3. The lowest BCUT2D eigenvalue weighted by Crippen LogP contribution is -2.64. The van der Waals surface area contributed by atoms with Gasteiger partial charge in [0, 0.05) is 62.1 Å². The van der Waals surface area contributed by atoms with Gasteiger partial charge in [-0.15, -0.1) is 0 Å². The van der Waals surface area contributed by atoms with Gasteiger partial charge in [0.2, 0.25) is 0 Å². The van der Waals surface area contributed by atoms with Crippen molar-refractivity contribution in [3.63, 3.8) is 0 Å². The van der Waals surface area contributed by atoms with E-state index in [2.05, 4.69) is 538 Å². The third-order valence-corrected chi connectivity index (χ3v) is 31.1. The molecule has 6 heteroatoms. The molecule has 20 aromatic rings. The lowest BCUT2D eigenvalue weighted by molar-refractivity contribution is 0.487. The summed E-state index contributed by atoms with van der Waals surface area (Å²) in [6.07, 6.45) is 0. The second-order valence-electron chi connectivity index (χ2n) is 42.0. The van der Waals surface area contributed by atoms with Crippen LogP contribution in [0.3, 0.4) is 0 Å². The fraction of sp³-hybridized carbons (Fsp3) is 0.104. The smallest absolute Gasteiger partial charge is 0.256 e. The normalized spacial score (nSPS) is 14.0. The predicted molar refractivity (Wildman–Crippen MR) is 590 cm³/mol. The molecule has 0 unspecified atom stereocenters. The number of para-hydroxylation sites is 2. The second kappa shape index (κ2) is 32.2. The first-order valence-corrected chi connectivity index (χ1v) is 49.6. The molecule has 4 nitrogen and oxygen atoms in total. The van der Waals surface area contributed by atoms with E-state index >= 15 is 0 Å². The molecule has 0 spiro atoms. The van der Waals surface area contributed by atoms with Gasteiger partial charge in [-0.1, -0.05) is 444 Å². The van der Waals surface area contributed by atoms with Crippen LogP contribution in [0.25, 0.3) is 89.0 Å². The summed E-state index contributed by atoms with van der Waals surface area (Å²) in [6, 6.07) is 177. The van der Waals surface area contributed by atoms with Crippen molar-refractivity contribution in [2.24, 2.45) is 0 Å². The summed E-state index contributed by atoms with van der Waals surface area (Å²) >= 11 is 0. The summed E-state index contributed by atoms with van der Waals surface area (Å²) in [5, 5.41) is 0. The summed E-state index contributed by atoms with van der Waals surface area (Å²) < 4.78 is 7.95. The fourth-order valence-electron chi connectivity index (χ4n) is 24.8. The van der Waals surface area contributed by atoms with Gasteiger partial charge in [-0.25, -0.2) is 0 Å². The largest absolute Gasteiger partial charge is 0.458 e. The maximum absolute atomic E-state index is 7.95. The Labute approximate surface area is 823 Å². The summed E-state index contributed by atoms with van der Waals surface area (Å²) in [5.74, 6) is 1.66. The van der Waals surface area contributed by atoms with Crippen molar-refractivity contribution in [1.29, 1.82) is 0 Å². The summed E-state index contributed by atoms with van der Waals surface area (Å²) in [7, 11) is 0. The van der Waals surface area contributed by atoms with Crippen LogP contribution in [-0.2, 0) is 27.1 Å². The van der Waals surface area contributed by atoms with E-state index in [1.807, 2.05) is 0 Å². The Bertz CT molecular complexity index is 8190. The van der Waals surface area contributed by atoms with Crippen molar-refractivity contribution in [2.45, 2.75) is 89.4 Å². The van der Waals surface area contributed by atoms with Crippen LogP contribution in [0, 0.1) is 0 Å². The molecule has 140 heavy (non-hydrogen) atoms. The van der Waals surface area contributed by atoms with E-state index in [1.54, 1.807) is 0 Å². The highest BCUT2D eigenvalue weighted by Crippen LogP contribution is 2.64. The van der Waals surface area contributed by atoms with Gasteiger partial charge in [-0.2, -0.15) is 0 Å². The van der Waals surface area contributed by atoms with Crippen molar-refractivity contribution in [1.82, 2.24) is 0 Å². The van der Waals surface area contributed by atoms with Crippen molar-refractivity contribution in [3.8, 4) is 101 Å². The Morgan fingerprint density at radius 1 is 0.207 bits per heavy atom. The van der Waals surface area contributed by atoms with Gasteiger partial charge in [0.05, 0.1) is 22.2 Å². The molecule has 6 aliphatic rings. The highest BCUT2D eigenvalue weighted by atomic mass is 16.5. The molecule has 0 N–H and O–H groups in total. The molecule has 0 saturated heterocycles. The quantitative estimate of drug-likeness (QED) is 0.107. The number of anilines is 9. The molecule has 20 aromatic carbocycles. The summed E-state index contributed by atoms with van der Waals surface area (Å²) in [4.78, 5) is 8.21. The molecule has 2 aliphatic carbocycles. The van der Waals surface area contributed by atoms with E-state index in [-0.39, 0.29) is 29.7 Å². The number of hydrogen-bond donors (Lipinski definition) is 0. The Morgan fingerprint density at radius 2 is 0.543 bits per heavy atom. The standard InChI is InChI=1S/C134H103B2N3O/c1-130(2,3)96-61-42-62-99(79-96)137-117-85-118-115(136-113-72-39-41-74-122(113)140-123-78-91(101-66-44-68-105-103-64-35-37-70-111(103)134(125(101)105,94-57-30-16-31-58-94)95-59-32-17-33-60-95)77-121(127(123)136)139(118)129-108(88-49-22-12-23-50-88)82-98(132(7,8)9)83-109(129)89-51-24-13-25-52-89)84-114(117)135-112-71-38-40-73-116(112)138(128-106(86-45-18-10-19-46-86)80-97(131(4,5)6)81-107(128)87-47-20-11-21-48-87)120-76-90(75-119(137)126(120)135)100-65-43-67-104-102-63-34-36-69-110(102)133(124(100)104,92-53-26-14-27-54-92)93-55-28-15-29-56-93/h10-85H,1-9H3. The first-order chi connectivity index (χ1) is 68.4. The number of fused-ring (bicyclic) bond motifs is 14. The molecule has 4 aliphatic heterocycles. The molecule has 4 heterocycles. The molecule has 0 atom stereocenters. The Hall–Kier alpha value is -16.3. The predicted octanol–water partition coefficient (Wildman–Crippen LogP) is 30.8. The van der Waals surface area contributed by atoms with Gasteiger partial charge in [0.1, 0.15) is 11.5 Å². The molecular weight excluding hydrogens is 1690 g/mol. The number of ether oxygens (including phenoxy) is 1. The van der Waals surface area contributed by atoms with Gasteiger partial charge in [0.15, 0.2) is 0 Å². The summed E-state index contributed by atoms with van der Waals surface area (Å²) in [6.45, 7) is 20.6. The maximum atomic E-state index is 7.95. The molecule has 0 saturated carbocycles. The molecule has 666 valence electrons. The zero-order valence-corrected chi connectivity index (χ0v) is 80.3. The summed E-state index contributed by atoms with van der Waals surface area (Å²) in [5.41, 5.74) is 46.4. The van der Waals surface area contributed by atoms with Crippen LogP contribution < -0.4 is 52.2 Å². The van der Waals surface area contributed by atoms with E-state index in [0.29, 0.717) is 0 Å². The zero-order valence-electron chi connectivity index (χ0n) is 80.3. The van der Waals surface area contributed by atoms with E-state index in [9.17, 15) is 0 Å². The Morgan fingerprint density at radius 3 is 0.986 bits per heavy atom. The van der Waals surface area contributed by atoms with Crippen LogP contribution >= 0.6 is 0 Å². The fourth-order valence-corrected chi connectivity index (χ4v) is 24.8. The monoisotopic (exact) mass is 1790 g/mol. The van der Waals surface area contributed by atoms with E-state index in [1.165, 1.54) is 105 Å². The average molecular weight is 1790 g/mol. The first-order valence-electron chi connectivity index (χ1n) is 49.6. The van der Waals surface area contributed by atoms with Crippen LogP contribution in [0.15, 0.2) is 461 Å². The van der Waals surface area contributed by atoms with Gasteiger partial charge in [-0.3, -0.25) is 0 Å².